The van der Waals surface area contributed by atoms with Crippen molar-refractivity contribution in [2.24, 2.45) is 47.2 Å². The van der Waals surface area contributed by atoms with Gasteiger partial charge in [-0.1, -0.05) is 170 Å². The fourth-order valence-electron chi connectivity index (χ4n) is 9.79. The summed E-state index contributed by atoms with van der Waals surface area (Å²) in [6.07, 6.45) is 14.0. The van der Waals surface area contributed by atoms with Crippen LogP contribution >= 0.6 is 0 Å². The highest BCUT2D eigenvalue weighted by molar-refractivity contribution is 5.73. The number of amides is 1. The molecule has 1 amide bonds. The minimum absolute atomic E-state index is 0.0449. The van der Waals surface area contributed by atoms with Crippen molar-refractivity contribution < 1.29 is 9.53 Å². The summed E-state index contributed by atoms with van der Waals surface area (Å²) in [5.74, 6) is 3.22. The van der Waals surface area contributed by atoms with Gasteiger partial charge in [0, 0.05) is 43.6 Å². The number of nitrogens with zero attached hydrogens (tertiary/aromatic N) is 2. The van der Waals surface area contributed by atoms with E-state index in [4.69, 9.17) is 4.74 Å². The molecule has 11 unspecified atom stereocenters. The molecule has 4 rings (SSSR count). The number of rotatable bonds is 10. The van der Waals surface area contributed by atoms with Gasteiger partial charge in [0.25, 0.3) is 0 Å². The molecule has 1 saturated carbocycles. The first-order valence-electron chi connectivity index (χ1n) is 26.4. The Hall–Kier alpha value is -3.52. The second-order valence-electron chi connectivity index (χ2n) is 19.1. The van der Waals surface area contributed by atoms with Gasteiger partial charge < -0.3 is 26.0 Å². The molecule has 2 aliphatic rings. The smallest absolute Gasteiger partial charge is 0.217 e. The molecule has 384 valence electrons. The van der Waals surface area contributed by atoms with Gasteiger partial charge in [0.15, 0.2) is 0 Å². The quantitative estimate of drug-likeness (QED) is 0.206. The molecular formula is C60H107N5O2. The Morgan fingerprint density at radius 3 is 1.84 bits per heavy atom. The van der Waals surface area contributed by atoms with Crippen molar-refractivity contribution in [2.45, 2.75) is 193 Å². The molecular weight excluding hydrogens is 823 g/mol. The highest BCUT2D eigenvalue weighted by Crippen LogP contribution is 2.42. The Labute approximate surface area is 415 Å². The summed E-state index contributed by atoms with van der Waals surface area (Å²) in [4.78, 5) is 19.0. The number of hydrogen-bond donors (Lipinski definition) is 3. The zero-order valence-corrected chi connectivity index (χ0v) is 47.2. The molecule has 0 spiro atoms. The van der Waals surface area contributed by atoms with Gasteiger partial charge in [-0.3, -0.25) is 9.78 Å². The lowest BCUT2D eigenvalue weighted by Gasteiger charge is -2.41. The lowest BCUT2D eigenvalue weighted by Crippen LogP contribution is -2.46. The molecule has 2 fully saturated rings. The molecule has 1 aliphatic carbocycles. The van der Waals surface area contributed by atoms with Crippen LogP contribution in [0.3, 0.4) is 0 Å². The average molecular weight is 931 g/mol. The number of allylic oxidation sites excluding steroid dienone is 3. The van der Waals surface area contributed by atoms with Gasteiger partial charge in [-0.25, -0.2) is 0 Å². The van der Waals surface area contributed by atoms with Crippen LogP contribution in [0.4, 0.5) is 0 Å². The van der Waals surface area contributed by atoms with Crippen LogP contribution in [0.2, 0.25) is 0 Å². The lowest BCUT2D eigenvalue weighted by molar-refractivity contribution is -0.120. The number of ether oxygens (including phenoxy) is 1. The molecule has 0 radical (unpaired) electrons. The summed E-state index contributed by atoms with van der Waals surface area (Å²) in [7, 11) is 5.91. The van der Waals surface area contributed by atoms with Gasteiger partial charge in [0.05, 0.1) is 12.2 Å². The van der Waals surface area contributed by atoms with E-state index in [0.29, 0.717) is 41.5 Å². The predicted molar refractivity (Wildman–Crippen MR) is 297 cm³/mol. The van der Waals surface area contributed by atoms with Gasteiger partial charge in [0.2, 0.25) is 5.91 Å². The maximum atomic E-state index is 12.6. The Bertz CT molecular complexity index is 1650. The van der Waals surface area contributed by atoms with Crippen molar-refractivity contribution in [2.75, 3.05) is 27.7 Å². The molecule has 11 atom stereocenters. The van der Waals surface area contributed by atoms with Crippen LogP contribution in [-0.2, 0) is 9.53 Å². The van der Waals surface area contributed by atoms with Gasteiger partial charge in [-0.05, 0) is 150 Å². The standard InChI is InChI=1S/C39H69N3O2.C14H15N.3C2H6.CH5N/c1-15-34-19-25(4)30(9)26(5)20-35(22-37-23-36(42(13)14)21-29(8)44-37)27(6)18-28(7)38(16-17-40-24(2)3)32(11)39(31(34)10)41-33(12)43;1-11(2)12-3-5-13(6-4-12)14-7-9-15-10-8-14;4*1-2/h16,27-32,34-37,39-40H,2,4-5,15,17-23H2,1,3,6-14H3,(H,41,43);3-11H,1-2H3;3*1-2H3;2H2,1H3/b38-16+;;;;;. The van der Waals surface area contributed by atoms with Crippen molar-refractivity contribution in [3.63, 3.8) is 0 Å². The van der Waals surface area contributed by atoms with E-state index in [1.807, 2.05) is 73.0 Å². The maximum Gasteiger partial charge on any atom is 0.217 e. The van der Waals surface area contributed by atoms with Gasteiger partial charge in [-0.2, -0.15) is 0 Å². The van der Waals surface area contributed by atoms with Crippen LogP contribution < -0.4 is 16.4 Å². The van der Waals surface area contributed by atoms with Crippen molar-refractivity contribution in [1.82, 2.24) is 20.5 Å². The zero-order valence-electron chi connectivity index (χ0n) is 47.2. The van der Waals surface area contributed by atoms with E-state index in [1.165, 1.54) is 40.5 Å². The van der Waals surface area contributed by atoms with Gasteiger partial charge in [-0.15, -0.1) is 0 Å². The Morgan fingerprint density at radius 2 is 1.36 bits per heavy atom. The van der Waals surface area contributed by atoms with Crippen LogP contribution in [-0.4, -0.2) is 67.8 Å². The van der Waals surface area contributed by atoms with E-state index in [0.717, 1.165) is 57.2 Å². The number of pyridine rings is 1. The highest BCUT2D eigenvalue weighted by atomic mass is 16.5. The van der Waals surface area contributed by atoms with Crippen LogP contribution in [0.15, 0.2) is 97.0 Å². The molecule has 1 aromatic carbocycles. The fourth-order valence-corrected chi connectivity index (χ4v) is 9.79. The third-order valence-corrected chi connectivity index (χ3v) is 13.8. The van der Waals surface area contributed by atoms with Gasteiger partial charge in [0.1, 0.15) is 0 Å². The molecule has 2 heterocycles. The number of carbonyl (C=O) groups is 1. The first-order valence-corrected chi connectivity index (χ1v) is 26.4. The molecule has 4 N–H and O–H groups in total. The Morgan fingerprint density at radius 1 is 0.836 bits per heavy atom. The van der Waals surface area contributed by atoms with E-state index in [2.05, 4.69) is 153 Å². The number of carbonyl (C=O) groups excluding carboxylic acids is 1. The lowest BCUT2D eigenvalue weighted by atomic mass is 9.69. The molecule has 7 nitrogen and oxygen atoms in total. The number of hydrogen-bond acceptors (Lipinski definition) is 6. The minimum atomic E-state index is 0.0449. The predicted octanol–water partition coefficient (Wildman–Crippen LogP) is 15.1. The molecule has 1 aliphatic heterocycles. The van der Waals surface area contributed by atoms with Crippen molar-refractivity contribution >= 4 is 5.91 Å². The summed E-state index contributed by atoms with van der Waals surface area (Å²) in [5.41, 5.74) is 13.3. The minimum Gasteiger partial charge on any atom is -0.386 e. The van der Waals surface area contributed by atoms with E-state index >= 15 is 0 Å². The number of aromatic nitrogens is 1. The van der Waals surface area contributed by atoms with Crippen molar-refractivity contribution in [1.29, 1.82) is 0 Å². The molecule has 0 bridgehead atoms. The molecule has 67 heavy (non-hydrogen) atoms. The third-order valence-electron chi connectivity index (χ3n) is 13.8. The van der Waals surface area contributed by atoms with E-state index in [1.54, 1.807) is 6.92 Å². The molecule has 1 saturated heterocycles. The van der Waals surface area contributed by atoms with Crippen LogP contribution in [0.25, 0.3) is 11.1 Å². The van der Waals surface area contributed by atoms with E-state index in [9.17, 15) is 4.79 Å². The molecule has 1 aromatic heterocycles. The Balaban J connectivity index is 0. The second-order valence-corrected chi connectivity index (χ2v) is 19.1. The average Bonchev–Trinajstić information content (AvgIpc) is 3.32. The summed E-state index contributed by atoms with van der Waals surface area (Å²) < 4.78 is 6.60. The molecule has 7 heteroatoms. The van der Waals surface area contributed by atoms with Crippen molar-refractivity contribution in [3.05, 3.63) is 103 Å². The largest absolute Gasteiger partial charge is 0.386 e. The summed E-state index contributed by atoms with van der Waals surface area (Å²) >= 11 is 0. The number of nitrogens with two attached hydrogens (primary N) is 1. The molecule has 2 aromatic rings. The number of benzene rings is 1. The van der Waals surface area contributed by atoms with Crippen LogP contribution in [0.1, 0.15) is 174 Å². The van der Waals surface area contributed by atoms with Crippen molar-refractivity contribution in [3.8, 4) is 11.1 Å². The zero-order chi connectivity index (χ0) is 52.0. The summed E-state index contributed by atoms with van der Waals surface area (Å²) in [6.45, 7) is 50.6. The SMILES string of the molecule is C=C(C)NC/C=C1\C(C)CC(C)C(CC2CC(N(C)C)CC(C)O2)CC(=C)C(C)C(=C)CC(CC)C(C)C(NC(C)=O)C1C.CC.CC.CC.CC(C)c1ccc(-c2ccncc2)cc1.CN. The monoisotopic (exact) mass is 930 g/mol. The summed E-state index contributed by atoms with van der Waals surface area (Å²) in [5, 5.41) is 6.85. The highest BCUT2D eigenvalue weighted by Gasteiger charge is 2.37. The third kappa shape index (κ3) is 23.6. The normalized spacial score (nSPS) is 27.3. The fraction of sp³-hybridized carbons (Fsp3) is 0.667. The van der Waals surface area contributed by atoms with Gasteiger partial charge >= 0.3 is 0 Å². The first-order chi connectivity index (χ1) is 31.8. The van der Waals surface area contributed by atoms with E-state index < -0.39 is 0 Å². The van der Waals surface area contributed by atoms with Crippen LogP contribution in [0, 0.1) is 41.4 Å². The Kier molecular flexibility index (Phi) is 35.7. The first kappa shape index (κ1) is 65.6. The summed E-state index contributed by atoms with van der Waals surface area (Å²) in [6, 6.07) is 13.4. The van der Waals surface area contributed by atoms with Crippen LogP contribution in [0.5, 0.6) is 0 Å². The maximum absolute atomic E-state index is 12.6. The second kappa shape index (κ2) is 36.5. The number of nitrogens with one attached hydrogen (secondary N) is 2. The topological polar surface area (TPSA) is 92.5 Å². The van der Waals surface area contributed by atoms with E-state index in [-0.39, 0.29) is 36.0 Å².